The van der Waals surface area contributed by atoms with E-state index in [1.807, 2.05) is 0 Å². The second-order valence-corrected chi connectivity index (χ2v) is 3.91. The number of hydrogen-bond acceptors (Lipinski definition) is 3. The van der Waals surface area contributed by atoms with E-state index in [1.165, 1.54) is 6.07 Å². The Morgan fingerprint density at radius 3 is 2.79 bits per heavy atom. The van der Waals surface area contributed by atoms with E-state index >= 15 is 0 Å². The largest absolute Gasteiger partial charge is 0.487 e. The van der Waals surface area contributed by atoms with Crippen LogP contribution in [0.5, 0.6) is 5.75 Å². The Morgan fingerprint density at radius 2 is 2.00 bits per heavy atom. The van der Waals surface area contributed by atoms with Gasteiger partial charge in [0.2, 0.25) is 0 Å². The van der Waals surface area contributed by atoms with Gasteiger partial charge in [-0.15, -0.1) is 11.6 Å². The van der Waals surface area contributed by atoms with E-state index < -0.39 is 0 Å². The first-order valence-corrected chi connectivity index (χ1v) is 6.03. The topological polar surface area (TPSA) is 35.0 Å². The maximum Gasteiger partial charge on any atom is 0.141 e. The minimum absolute atomic E-state index is 0.221. The maximum atomic E-state index is 12.9. The lowest BCUT2D eigenvalue weighted by Crippen LogP contribution is -1.97. The highest BCUT2D eigenvalue weighted by Crippen LogP contribution is 2.13. The van der Waals surface area contributed by atoms with Gasteiger partial charge in [0.25, 0.3) is 0 Å². The molecule has 0 fully saturated rings. The lowest BCUT2D eigenvalue weighted by atomic mass is 10.3. The number of halogens is 2. The standard InChI is InChI=1S/C14H10ClFN2O/c15-3-1-2-11-5-14(9-18-6-11)19-10-12-4-13(16)8-17-7-12/h4-9H,3,10H2. The summed E-state index contributed by atoms with van der Waals surface area (Å²) in [6, 6.07) is 3.12. The van der Waals surface area contributed by atoms with Crippen LogP contribution in [0.25, 0.3) is 0 Å². The van der Waals surface area contributed by atoms with E-state index in [1.54, 1.807) is 24.7 Å². The van der Waals surface area contributed by atoms with Crippen molar-refractivity contribution in [1.82, 2.24) is 9.97 Å². The molecule has 0 bridgehead atoms. The summed E-state index contributed by atoms with van der Waals surface area (Å²) in [5.74, 6) is 6.02. The highest BCUT2D eigenvalue weighted by atomic mass is 35.5. The molecule has 0 unspecified atom stereocenters. The number of aromatic nitrogens is 2. The van der Waals surface area contributed by atoms with Gasteiger partial charge in [-0.3, -0.25) is 9.97 Å². The van der Waals surface area contributed by atoms with E-state index in [4.69, 9.17) is 16.3 Å². The lowest BCUT2D eigenvalue weighted by Gasteiger charge is -2.05. The van der Waals surface area contributed by atoms with Gasteiger partial charge in [-0.1, -0.05) is 11.8 Å². The molecule has 0 N–H and O–H groups in total. The van der Waals surface area contributed by atoms with Gasteiger partial charge in [-0.25, -0.2) is 4.39 Å². The van der Waals surface area contributed by atoms with Crippen molar-refractivity contribution in [2.45, 2.75) is 6.61 Å². The monoisotopic (exact) mass is 276 g/mol. The summed E-state index contributed by atoms with van der Waals surface area (Å²) in [5, 5.41) is 0. The van der Waals surface area contributed by atoms with Crippen molar-refractivity contribution in [1.29, 1.82) is 0 Å². The van der Waals surface area contributed by atoms with Crippen LogP contribution >= 0.6 is 11.6 Å². The Balaban J connectivity index is 2.03. The summed E-state index contributed by atoms with van der Waals surface area (Å²) in [6.07, 6.45) is 5.88. The van der Waals surface area contributed by atoms with Crippen molar-refractivity contribution in [2.75, 3.05) is 5.88 Å². The molecular weight excluding hydrogens is 267 g/mol. The molecular formula is C14H10ClFN2O. The molecule has 2 aromatic heterocycles. The zero-order chi connectivity index (χ0) is 13.5. The van der Waals surface area contributed by atoms with E-state index in [-0.39, 0.29) is 18.3 Å². The van der Waals surface area contributed by atoms with Gasteiger partial charge in [-0.05, 0) is 12.1 Å². The lowest BCUT2D eigenvalue weighted by molar-refractivity contribution is 0.303. The summed E-state index contributed by atoms with van der Waals surface area (Å²) >= 11 is 5.48. The summed E-state index contributed by atoms with van der Waals surface area (Å²) in [6.45, 7) is 0.221. The minimum atomic E-state index is -0.388. The average molecular weight is 277 g/mol. The first-order valence-electron chi connectivity index (χ1n) is 5.50. The van der Waals surface area contributed by atoms with Crippen molar-refractivity contribution >= 4 is 11.6 Å². The number of rotatable bonds is 3. The quantitative estimate of drug-likeness (QED) is 0.639. The third-order valence-corrected chi connectivity index (χ3v) is 2.31. The van der Waals surface area contributed by atoms with Crippen LogP contribution in [0, 0.1) is 17.7 Å². The van der Waals surface area contributed by atoms with Crippen molar-refractivity contribution in [3.05, 3.63) is 53.9 Å². The van der Waals surface area contributed by atoms with Crippen LogP contribution in [0.15, 0.2) is 36.9 Å². The van der Waals surface area contributed by atoms with Gasteiger partial charge in [0.15, 0.2) is 0 Å². The van der Waals surface area contributed by atoms with E-state index in [2.05, 4.69) is 21.8 Å². The number of hydrogen-bond donors (Lipinski definition) is 0. The molecule has 0 atom stereocenters. The molecule has 0 saturated heterocycles. The third kappa shape index (κ3) is 4.23. The zero-order valence-electron chi connectivity index (χ0n) is 9.94. The normalized spacial score (nSPS) is 9.58. The van der Waals surface area contributed by atoms with Crippen LogP contribution in [-0.4, -0.2) is 15.8 Å². The molecule has 0 aromatic carbocycles. The predicted molar refractivity (Wildman–Crippen MR) is 70.4 cm³/mol. The fourth-order valence-electron chi connectivity index (χ4n) is 1.40. The molecule has 5 heteroatoms. The van der Waals surface area contributed by atoms with E-state index in [0.29, 0.717) is 11.3 Å². The number of nitrogens with zero attached hydrogens (tertiary/aromatic N) is 2. The number of pyridine rings is 2. The minimum Gasteiger partial charge on any atom is -0.487 e. The molecule has 0 aliphatic rings. The van der Waals surface area contributed by atoms with Crippen molar-refractivity contribution in [3.63, 3.8) is 0 Å². The van der Waals surface area contributed by atoms with Crippen LogP contribution in [0.2, 0.25) is 0 Å². The molecule has 2 heterocycles. The fraction of sp³-hybridized carbons (Fsp3) is 0.143. The first-order chi connectivity index (χ1) is 9.28. The smallest absolute Gasteiger partial charge is 0.141 e. The highest BCUT2D eigenvalue weighted by Gasteiger charge is 1.99. The second-order valence-electron chi connectivity index (χ2n) is 3.64. The molecule has 2 rings (SSSR count). The SMILES string of the molecule is Fc1cncc(COc2cncc(C#CCCl)c2)c1. The first kappa shape index (κ1) is 13.3. The molecule has 0 aliphatic heterocycles. The number of alkyl halides is 1. The van der Waals surface area contributed by atoms with Crippen LogP contribution in [0.4, 0.5) is 4.39 Å². The van der Waals surface area contributed by atoms with Crippen LogP contribution in [0.1, 0.15) is 11.1 Å². The number of ether oxygens (including phenoxy) is 1. The maximum absolute atomic E-state index is 12.9. The molecule has 96 valence electrons. The van der Waals surface area contributed by atoms with Crippen LogP contribution < -0.4 is 4.74 Å². The predicted octanol–water partition coefficient (Wildman–Crippen LogP) is 2.79. The van der Waals surface area contributed by atoms with Crippen molar-refractivity contribution in [2.24, 2.45) is 0 Å². The second kappa shape index (κ2) is 6.72. The Morgan fingerprint density at radius 1 is 1.16 bits per heavy atom. The van der Waals surface area contributed by atoms with Gasteiger partial charge < -0.3 is 4.74 Å². The molecule has 0 spiro atoms. The zero-order valence-corrected chi connectivity index (χ0v) is 10.7. The third-order valence-electron chi connectivity index (χ3n) is 2.18. The summed E-state index contributed by atoms with van der Waals surface area (Å²) in [4.78, 5) is 7.75. The molecule has 0 saturated carbocycles. The highest BCUT2D eigenvalue weighted by molar-refractivity contribution is 6.19. The average Bonchev–Trinajstić information content (AvgIpc) is 2.43. The molecule has 0 radical (unpaired) electrons. The summed E-state index contributed by atoms with van der Waals surface area (Å²) in [7, 11) is 0. The molecule has 0 aliphatic carbocycles. The Kier molecular flexibility index (Phi) is 4.71. The Labute approximate surface area is 115 Å². The van der Waals surface area contributed by atoms with Crippen molar-refractivity contribution in [3.8, 4) is 17.6 Å². The molecule has 2 aromatic rings. The Bertz CT molecular complexity index is 622. The molecule has 19 heavy (non-hydrogen) atoms. The molecule has 0 amide bonds. The van der Waals surface area contributed by atoms with Gasteiger partial charge in [0.1, 0.15) is 18.2 Å². The van der Waals surface area contributed by atoms with E-state index in [0.717, 1.165) is 11.8 Å². The fourth-order valence-corrected chi connectivity index (χ4v) is 1.47. The summed E-state index contributed by atoms with van der Waals surface area (Å²) < 4.78 is 18.4. The van der Waals surface area contributed by atoms with Gasteiger partial charge in [0.05, 0.1) is 18.3 Å². The van der Waals surface area contributed by atoms with Gasteiger partial charge in [0, 0.05) is 23.5 Å². The van der Waals surface area contributed by atoms with Crippen LogP contribution in [0.3, 0.4) is 0 Å². The van der Waals surface area contributed by atoms with Gasteiger partial charge >= 0.3 is 0 Å². The Hall–Kier alpha value is -2.12. The van der Waals surface area contributed by atoms with Crippen LogP contribution in [-0.2, 0) is 6.61 Å². The summed E-state index contributed by atoms with van der Waals surface area (Å²) in [5.41, 5.74) is 1.37. The molecule has 3 nitrogen and oxygen atoms in total. The van der Waals surface area contributed by atoms with E-state index in [9.17, 15) is 4.39 Å². The van der Waals surface area contributed by atoms with Gasteiger partial charge in [-0.2, -0.15) is 0 Å². The van der Waals surface area contributed by atoms with Crippen molar-refractivity contribution < 1.29 is 9.13 Å².